The minimum absolute atomic E-state index is 0.136. The molecule has 3 aromatic rings. The Morgan fingerprint density at radius 3 is 2.68 bits per heavy atom. The predicted octanol–water partition coefficient (Wildman–Crippen LogP) is 2.79. The van der Waals surface area contributed by atoms with Gasteiger partial charge in [0, 0.05) is 37.1 Å². The lowest BCUT2D eigenvalue weighted by Crippen LogP contribution is -2.49. The first-order valence-electron chi connectivity index (χ1n) is 8.42. The molecule has 0 spiro atoms. The first-order chi connectivity index (χ1) is 12.1. The molecular formula is C18H20N4O2S. The summed E-state index contributed by atoms with van der Waals surface area (Å²) in [7, 11) is 0. The fourth-order valence-corrected chi connectivity index (χ4v) is 4.08. The predicted molar refractivity (Wildman–Crippen MR) is 98.1 cm³/mol. The van der Waals surface area contributed by atoms with E-state index in [0.717, 1.165) is 35.9 Å². The SMILES string of the molecule is Cc1noc(C)c1CC(=O)N1CCN(c2nsc3ccccc23)CC1. The highest BCUT2D eigenvalue weighted by molar-refractivity contribution is 7.13. The van der Waals surface area contributed by atoms with Crippen molar-refractivity contribution in [2.45, 2.75) is 20.3 Å². The summed E-state index contributed by atoms with van der Waals surface area (Å²) in [4.78, 5) is 16.8. The monoisotopic (exact) mass is 356 g/mol. The van der Waals surface area contributed by atoms with Crippen LogP contribution in [0.15, 0.2) is 28.8 Å². The molecule has 1 fully saturated rings. The van der Waals surface area contributed by atoms with Crippen LogP contribution in [0.3, 0.4) is 0 Å². The number of carbonyl (C=O) groups is 1. The topological polar surface area (TPSA) is 62.5 Å². The summed E-state index contributed by atoms with van der Waals surface area (Å²) in [6.07, 6.45) is 0.362. The molecule has 0 N–H and O–H groups in total. The van der Waals surface area contributed by atoms with E-state index in [4.69, 9.17) is 4.52 Å². The van der Waals surface area contributed by atoms with E-state index < -0.39 is 0 Å². The molecule has 0 radical (unpaired) electrons. The fourth-order valence-electron chi connectivity index (χ4n) is 3.29. The standard InChI is InChI=1S/C18H20N4O2S/c1-12-15(13(2)24-19-12)11-17(23)21-7-9-22(10-8-21)18-14-5-3-4-6-16(14)25-20-18/h3-6H,7-11H2,1-2H3. The van der Waals surface area contributed by atoms with Gasteiger partial charge in [0.15, 0.2) is 0 Å². The van der Waals surface area contributed by atoms with Gasteiger partial charge in [-0.1, -0.05) is 17.3 Å². The third-order valence-corrected chi connectivity index (χ3v) is 5.62. The van der Waals surface area contributed by atoms with Crippen molar-refractivity contribution in [3.8, 4) is 0 Å². The highest BCUT2D eigenvalue weighted by Gasteiger charge is 2.25. The van der Waals surface area contributed by atoms with Gasteiger partial charge in [-0.15, -0.1) is 0 Å². The van der Waals surface area contributed by atoms with Crippen LogP contribution in [0.25, 0.3) is 10.1 Å². The van der Waals surface area contributed by atoms with Gasteiger partial charge in [0.1, 0.15) is 11.6 Å². The first kappa shape index (κ1) is 16.1. The van der Waals surface area contributed by atoms with Gasteiger partial charge in [-0.2, -0.15) is 4.37 Å². The molecule has 0 saturated carbocycles. The van der Waals surface area contributed by atoms with Crippen molar-refractivity contribution < 1.29 is 9.32 Å². The summed E-state index contributed by atoms with van der Waals surface area (Å²) in [5, 5.41) is 5.13. The lowest BCUT2D eigenvalue weighted by atomic mass is 10.1. The van der Waals surface area contributed by atoms with E-state index in [-0.39, 0.29) is 5.91 Å². The van der Waals surface area contributed by atoms with E-state index in [9.17, 15) is 4.79 Å². The maximum Gasteiger partial charge on any atom is 0.227 e. The summed E-state index contributed by atoms with van der Waals surface area (Å²) >= 11 is 1.53. The second-order valence-electron chi connectivity index (χ2n) is 6.35. The van der Waals surface area contributed by atoms with Crippen molar-refractivity contribution in [1.29, 1.82) is 0 Å². The second kappa shape index (κ2) is 6.48. The van der Waals surface area contributed by atoms with E-state index in [0.29, 0.717) is 19.5 Å². The van der Waals surface area contributed by atoms with Crippen molar-refractivity contribution in [3.05, 3.63) is 41.3 Å². The van der Waals surface area contributed by atoms with Gasteiger partial charge in [0.05, 0.1) is 16.8 Å². The zero-order valence-corrected chi connectivity index (χ0v) is 15.2. The summed E-state index contributed by atoms with van der Waals surface area (Å²) < 4.78 is 11.0. The van der Waals surface area contributed by atoms with E-state index in [1.165, 1.54) is 21.6 Å². The van der Waals surface area contributed by atoms with Crippen LogP contribution in [-0.4, -0.2) is 46.5 Å². The van der Waals surface area contributed by atoms with Crippen LogP contribution in [0, 0.1) is 13.8 Å². The van der Waals surface area contributed by atoms with Crippen LogP contribution in [0.1, 0.15) is 17.0 Å². The van der Waals surface area contributed by atoms with Crippen molar-refractivity contribution >= 4 is 33.3 Å². The van der Waals surface area contributed by atoms with Gasteiger partial charge in [-0.25, -0.2) is 0 Å². The Kier molecular flexibility index (Phi) is 4.17. The molecule has 1 saturated heterocycles. The van der Waals surface area contributed by atoms with Crippen molar-refractivity contribution in [3.63, 3.8) is 0 Å². The van der Waals surface area contributed by atoms with E-state index in [2.05, 4.69) is 26.6 Å². The Labute approximate surface area is 150 Å². The number of carbonyl (C=O) groups excluding carboxylic acids is 1. The molecule has 7 heteroatoms. The molecule has 1 aliphatic rings. The molecule has 1 aliphatic heterocycles. The Morgan fingerprint density at radius 1 is 1.20 bits per heavy atom. The quantitative estimate of drug-likeness (QED) is 0.722. The van der Waals surface area contributed by atoms with Crippen LogP contribution in [-0.2, 0) is 11.2 Å². The van der Waals surface area contributed by atoms with Gasteiger partial charge in [-0.05, 0) is 37.5 Å². The van der Waals surface area contributed by atoms with Gasteiger partial charge in [0.25, 0.3) is 0 Å². The molecule has 4 rings (SSSR count). The van der Waals surface area contributed by atoms with Crippen LogP contribution >= 0.6 is 11.5 Å². The summed E-state index contributed by atoms with van der Waals surface area (Å²) in [6.45, 7) is 6.78. The van der Waals surface area contributed by atoms with Crippen molar-refractivity contribution in [2.24, 2.45) is 0 Å². The van der Waals surface area contributed by atoms with Crippen LogP contribution in [0.4, 0.5) is 5.82 Å². The fraction of sp³-hybridized carbons (Fsp3) is 0.389. The largest absolute Gasteiger partial charge is 0.361 e. The maximum absolute atomic E-state index is 12.6. The van der Waals surface area contributed by atoms with E-state index >= 15 is 0 Å². The molecule has 2 aromatic heterocycles. The zero-order valence-electron chi connectivity index (χ0n) is 14.4. The molecule has 6 nitrogen and oxygen atoms in total. The van der Waals surface area contributed by atoms with Crippen LogP contribution in [0.5, 0.6) is 0 Å². The molecule has 25 heavy (non-hydrogen) atoms. The van der Waals surface area contributed by atoms with Gasteiger partial charge < -0.3 is 14.3 Å². The van der Waals surface area contributed by atoms with E-state index in [1.54, 1.807) is 0 Å². The van der Waals surface area contributed by atoms with Crippen molar-refractivity contribution in [1.82, 2.24) is 14.4 Å². The number of benzene rings is 1. The second-order valence-corrected chi connectivity index (χ2v) is 7.15. The molecule has 0 aliphatic carbocycles. The molecule has 0 unspecified atom stereocenters. The normalized spacial score (nSPS) is 15.1. The number of hydrogen-bond donors (Lipinski definition) is 0. The third kappa shape index (κ3) is 3.00. The molecule has 3 heterocycles. The Bertz CT molecular complexity index is 889. The zero-order chi connectivity index (χ0) is 17.4. The average molecular weight is 356 g/mol. The third-order valence-electron chi connectivity index (χ3n) is 4.80. The lowest BCUT2D eigenvalue weighted by Gasteiger charge is -2.35. The van der Waals surface area contributed by atoms with Crippen LogP contribution < -0.4 is 4.90 Å². The highest BCUT2D eigenvalue weighted by Crippen LogP contribution is 2.29. The van der Waals surface area contributed by atoms with Gasteiger partial charge in [0.2, 0.25) is 5.91 Å². The summed E-state index contributed by atoms with van der Waals surface area (Å²) in [6, 6.07) is 8.29. The number of hydrogen-bond acceptors (Lipinski definition) is 6. The number of aromatic nitrogens is 2. The Hall–Kier alpha value is -2.41. The number of aryl methyl sites for hydroxylation is 2. The summed E-state index contributed by atoms with van der Waals surface area (Å²) in [5.41, 5.74) is 1.72. The number of piperazine rings is 1. The number of rotatable bonds is 3. The van der Waals surface area contributed by atoms with E-state index in [1.807, 2.05) is 30.9 Å². The lowest BCUT2D eigenvalue weighted by molar-refractivity contribution is -0.130. The number of anilines is 1. The average Bonchev–Trinajstić information content (AvgIpc) is 3.20. The summed E-state index contributed by atoms with van der Waals surface area (Å²) in [5.74, 6) is 1.91. The minimum atomic E-state index is 0.136. The molecule has 130 valence electrons. The first-order valence-corrected chi connectivity index (χ1v) is 9.19. The molecule has 0 atom stereocenters. The molecular weight excluding hydrogens is 336 g/mol. The van der Waals surface area contributed by atoms with Crippen molar-refractivity contribution in [2.75, 3.05) is 31.1 Å². The number of nitrogens with zero attached hydrogens (tertiary/aromatic N) is 4. The van der Waals surface area contributed by atoms with Gasteiger partial charge >= 0.3 is 0 Å². The van der Waals surface area contributed by atoms with Gasteiger partial charge in [-0.3, -0.25) is 4.79 Å². The Balaban J connectivity index is 1.42. The molecule has 0 bridgehead atoms. The maximum atomic E-state index is 12.6. The smallest absolute Gasteiger partial charge is 0.227 e. The number of amides is 1. The number of fused-ring (bicyclic) bond motifs is 1. The Morgan fingerprint density at radius 2 is 1.96 bits per heavy atom. The highest BCUT2D eigenvalue weighted by atomic mass is 32.1. The molecule has 1 amide bonds. The minimum Gasteiger partial charge on any atom is -0.361 e. The van der Waals surface area contributed by atoms with Crippen LogP contribution in [0.2, 0.25) is 0 Å². The molecule has 1 aromatic carbocycles.